The predicted octanol–water partition coefficient (Wildman–Crippen LogP) is 3.61. The van der Waals surface area contributed by atoms with E-state index >= 15 is 0 Å². The van der Waals surface area contributed by atoms with Crippen LogP contribution in [0.1, 0.15) is 12.5 Å². The first kappa shape index (κ1) is 12.1. The summed E-state index contributed by atoms with van der Waals surface area (Å²) in [5, 5.41) is 1.03. The van der Waals surface area contributed by atoms with Crippen molar-refractivity contribution in [1.29, 1.82) is 0 Å². The molecule has 0 unspecified atom stereocenters. The fraction of sp³-hybridized carbons (Fsp3) is 0.182. The van der Waals surface area contributed by atoms with Crippen molar-refractivity contribution >= 4 is 29.2 Å². The molecular weight excluding hydrogens is 235 g/mol. The van der Waals surface area contributed by atoms with Crippen molar-refractivity contribution in [3.05, 3.63) is 46.0 Å². The summed E-state index contributed by atoms with van der Waals surface area (Å²) in [5.41, 5.74) is 1.08. The van der Waals surface area contributed by atoms with Crippen LogP contribution < -0.4 is 0 Å². The molecule has 0 N–H and O–H groups in total. The highest BCUT2D eigenvalue weighted by Gasteiger charge is 2.06. The molecule has 4 heteroatoms. The van der Waals surface area contributed by atoms with Crippen molar-refractivity contribution in [3.8, 4) is 0 Å². The standard InChI is InChI=1S/C11H10Cl2O2/c1-7(2)11(14)15-6-8-3-4-9(12)5-10(8)13/h3-5H,1,6H2,2H3. The lowest BCUT2D eigenvalue weighted by Gasteiger charge is -2.06. The zero-order valence-electron chi connectivity index (χ0n) is 8.22. The van der Waals surface area contributed by atoms with Gasteiger partial charge in [0.05, 0.1) is 0 Å². The molecule has 2 nitrogen and oxygen atoms in total. The Morgan fingerprint density at radius 2 is 2.13 bits per heavy atom. The van der Waals surface area contributed by atoms with Gasteiger partial charge in [-0.15, -0.1) is 0 Å². The molecule has 0 fully saturated rings. The van der Waals surface area contributed by atoms with Gasteiger partial charge in [-0.25, -0.2) is 4.79 Å². The van der Waals surface area contributed by atoms with Crippen molar-refractivity contribution in [2.45, 2.75) is 13.5 Å². The summed E-state index contributed by atoms with van der Waals surface area (Å²) in [6.07, 6.45) is 0. The molecular formula is C11H10Cl2O2. The van der Waals surface area contributed by atoms with E-state index in [0.29, 0.717) is 15.6 Å². The average molecular weight is 245 g/mol. The molecule has 0 aliphatic rings. The first-order valence-corrected chi connectivity index (χ1v) is 5.03. The fourth-order valence-electron chi connectivity index (χ4n) is 0.905. The molecule has 1 rings (SSSR count). The molecule has 15 heavy (non-hydrogen) atoms. The van der Waals surface area contributed by atoms with E-state index in [4.69, 9.17) is 27.9 Å². The number of hydrogen-bond acceptors (Lipinski definition) is 2. The number of carbonyl (C=O) groups is 1. The Labute approximate surface area is 98.4 Å². The maximum Gasteiger partial charge on any atom is 0.333 e. The molecule has 0 aliphatic carbocycles. The SMILES string of the molecule is C=C(C)C(=O)OCc1ccc(Cl)cc1Cl. The smallest absolute Gasteiger partial charge is 0.333 e. The summed E-state index contributed by atoms with van der Waals surface area (Å²) in [4.78, 5) is 11.1. The second kappa shape index (κ2) is 5.19. The number of benzene rings is 1. The molecule has 0 aromatic heterocycles. The van der Waals surface area contributed by atoms with Gasteiger partial charge >= 0.3 is 5.97 Å². The number of esters is 1. The summed E-state index contributed by atoms with van der Waals surface area (Å²) in [7, 11) is 0. The molecule has 0 amide bonds. The average Bonchev–Trinajstić information content (AvgIpc) is 2.15. The number of halogens is 2. The molecule has 0 saturated carbocycles. The molecule has 1 aromatic rings. The van der Waals surface area contributed by atoms with E-state index in [1.54, 1.807) is 25.1 Å². The van der Waals surface area contributed by atoms with Crippen LogP contribution in [0.3, 0.4) is 0 Å². The lowest BCUT2D eigenvalue weighted by atomic mass is 10.2. The lowest BCUT2D eigenvalue weighted by molar-refractivity contribution is -0.140. The van der Waals surface area contributed by atoms with Crippen LogP contribution in [-0.4, -0.2) is 5.97 Å². The van der Waals surface area contributed by atoms with Crippen molar-refractivity contribution in [1.82, 2.24) is 0 Å². The van der Waals surface area contributed by atoms with Gasteiger partial charge in [0.25, 0.3) is 0 Å². The van der Waals surface area contributed by atoms with Crippen LogP contribution in [0.5, 0.6) is 0 Å². The zero-order chi connectivity index (χ0) is 11.4. The third-order valence-corrected chi connectivity index (χ3v) is 2.31. The summed E-state index contributed by atoms with van der Waals surface area (Å²) >= 11 is 11.6. The Morgan fingerprint density at radius 3 is 2.67 bits per heavy atom. The summed E-state index contributed by atoms with van der Waals surface area (Å²) < 4.78 is 4.94. The van der Waals surface area contributed by atoms with E-state index in [2.05, 4.69) is 6.58 Å². The van der Waals surface area contributed by atoms with Crippen LogP contribution in [0.4, 0.5) is 0 Å². The monoisotopic (exact) mass is 244 g/mol. The van der Waals surface area contributed by atoms with E-state index in [9.17, 15) is 4.79 Å². The third kappa shape index (κ3) is 3.57. The van der Waals surface area contributed by atoms with Gasteiger partial charge in [-0.2, -0.15) is 0 Å². The predicted molar refractivity (Wildman–Crippen MR) is 61.1 cm³/mol. The van der Waals surface area contributed by atoms with Gasteiger partial charge in [-0.05, 0) is 19.1 Å². The number of rotatable bonds is 3. The Kier molecular flexibility index (Phi) is 4.18. The van der Waals surface area contributed by atoms with E-state index in [1.807, 2.05) is 0 Å². The Hall–Kier alpha value is -0.990. The fourth-order valence-corrected chi connectivity index (χ4v) is 1.37. The number of hydrogen-bond donors (Lipinski definition) is 0. The lowest BCUT2D eigenvalue weighted by Crippen LogP contribution is -2.05. The zero-order valence-corrected chi connectivity index (χ0v) is 9.73. The topological polar surface area (TPSA) is 26.3 Å². The molecule has 0 saturated heterocycles. The molecule has 0 spiro atoms. The highest BCUT2D eigenvalue weighted by atomic mass is 35.5. The number of carbonyl (C=O) groups excluding carboxylic acids is 1. The van der Waals surface area contributed by atoms with Crippen LogP contribution in [0.25, 0.3) is 0 Å². The second-order valence-electron chi connectivity index (χ2n) is 3.09. The normalized spacial score (nSPS) is 9.80. The van der Waals surface area contributed by atoms with E-state index < -0.39 is 5.97 Å². The van der Waals surface area contributed by atoms with Crippen molar-refractivity contribution < 1.29 is 9.53 Å². The minimum Gasteiger partial charge on any atom is -0.457 e. The van der Waals surface area contributed by atoms with E-state index in [1.165, 1.54) is 0 Å². The first-order chi connectivity index (χ1) is 7.00. The van der Waals surface area contributed by atoms with Crippen molar-refractivity contribution in [2.75, 3.05) is 0 Å². The highest BCUT2D eigenvalue weighted by molar-refractivity contribution is 6.35. The maximum absolute atomic E-state index is 11.1. The first-order valence-electron chi connectivity index (χ1n) is 4.27. The maximum atomic E-state index is 11.1. The van der Waals surface area contributed by atoms with E-state index in [0.717, 1.165) is 5.56 Å². The summed E-state index contributed by atoms with van der Waals surface area (Å²) in [6, 6.07) is 5.01. The van der Waals surface area contributed by atoms with Crippen molar-refractivity contribution in [2.24, 2.45) is 0 Å². The Balaban J connectivity index is 2.66. The largest absolute Gasteiger partial charge is 0.457 e. The highest BCUT2D eigenvalue weighted by Crippen LogP contribution is 2.21. The minimum atomic E-state index is -0.430. The van der Waals surface area contributed by atoms with Gasteiger partial charge in [0.2, 0.25) is 0 Å². The van der Waals surface area contributed by atoms with Gasteiger partial charge in [-0.1, -0.05) is 35.8 Å². The molecule has 0 atom stereocenters. The Morgan fingerprint density at radius 1 is 1.47 bits per heavy atom. The van der Waals surface area contributed by atoms with Gasteiger partial charge in [-0.3, -0.25) is 0 Å². The molecule has 0 bridgehead atoms. The van der Waals surface area contributed by atoms with Crippen LogP contribution in [0.2, 0.25) is 10.0 Å². The van der Waals surface area contributed by atoms with Gasteiger partial charge in [0.1, 0.15) is 6.61 Å². The van der Waals surface area contributed by atoms with Crippen LogP contribution in [-0.2, 0) is 16.1 Å². The number of ether oxygens (including phenoxy) is 1. The Bertz CT molecular complexity index is 400. The quantitative estimate of drug-likeness (QED) is 0.600. The summed E-state index contributed by atoms with van der Waals surface area (Å²) in [5.74, 6) is -0.430. The van der Waals surface area contributed by atoms with E-state index in [-0.39, 0.29) is 6.61 Å². The second-order valence-corrected chi connectivity index (χ2v) is 3.94. The van der Waals surface area contributed by atoms with Gasteiger partial charge in [0, 0.05) is 21.2 Å². The molecule has 80 valence electrons. The van der Waals surface area contributed by atoms with Crippen LogP contribution >= 0.6 is 23.2 Å². The van der Waals surface area contributed by atoms with Gasteiger partial charge < -0.3 is 4.74 Å². The molecule has 0 heterocycles. The summed E-state index contributed by atoms with van der Waals surface area (Å²) in [6.45, 7) is 5.19. The van der Waals surface area contributed by atoms with Crippen LogP contribution in [0.15, 0.2) is 30.4 Å². The molecule has 1 aromatic carbocycles. The molecule has 0 aliphatic heterocycles. The minimum absolute atomic E-state index is 0.127. The third-order valence-electron chi connectivity index (χ3n) is 1.72. The van der Waals surface area contributed by atoms with Gasteiger partial charge in [0.15, 0.2) is 0 Å². The van der Waals surface area contributed by atoms with Crippen LogP contribution in [0, 0.1) is 0 Å². The van der Waals surface area contributed by atoms with Crippen molar-refractivity contribution in [3.63, 3.8) is 0 Å². The molecule has 0 radical (unpaired) electrons.